The molecule has 162 valence electrons. The fourth-order valence-corrected chi connectivity index (χ4v) is 5.28. The number of aromatic nitrogens is 1. The maximum atomic E-state index is 13.2. The van der Waals surface area contributed by atoms with Gasteiger partial charge < -0.3 is 9.64 Å². The zero-order valence-corrected chi connectivity index (χ0v) is 18.7. The van der Waals surface area contributed by atoms with E-state index in [1.807, 2.05) is 6.92 Å². The van der Waals surface area contributed by atoms with Gasteiger partial charge in [-0.3, -0.25) is 20.4 Å². The highest BCUT2D eigenvalue weighted by molar-refractivity contribution is 7.18. The van der Waals surface area contributed by atoms with Crippen LogP contribution >= 0.6 is 22.7 Å². The normalized spacial score (nSPS) is 13.8. The number of halogens is 1. The van der Waals surface area contributed by atoms with Crippen LogP contribution in [-0.4, -0.2) is 43.1 Å². The van der Waals surface area contributed by atoms with Crippen LogP contribution in [0.2, 0.25) is 0 Å². The number of morpholine rings is 1. The minimum absolute atomic E-state index is 0.311. The van der Waals surface area contributed by atoms with E-state index in [0.717, 1.165) is 34.2 Å². The van der Waals surface area contributed by atoms with Gasteiger partial charge in [0.2, 0.25) is 0 Å². The molecule has 0 spiro atoms. The zero-order chi connectivity index (χ0) is 22.0. The molecule has 3 heterocycles. The molecule has 0 radical (unpaired) electrons. The molecule has 1 saturated heterocycles. The molecule has 0 bridgehead atoms. The number of thiophene rings is 1. The SMILES string of the molecule is Cc1cc(C(=O)NNC(=O)c2sc(N3CCOCC3)nc2C)sc1-c1ccc(F)cc1. The molecule has 0 unspecified atom stereocenters. The Bertz CT molecular complexity index is 1100. The number of thiazole rings is 1. The van der Waals surface area contributed by atoms with Crippen LogP contribution in [0, 0.1) is 19.7 Å². The molecule has 7 nitrogen and oxygen atoms in total. The largest absolute Gasteiger partial charge is 0.378 e. The first-order chi connectivity index (χ1) is 14.9. The van der Waals surface area contributed by atoms with Crippen LogP contribution in [0.5, 0.6) is 0 Å². The van der Waals surface area contributed by atoms with Crippen molar-refractivity contribution in [1.29, 1.82) is 0 Å². The Labute approximate surface area is 186 Å². The second-order valence-corrected chi connectivity index (χ2v) is 9.08. The highest BCUT2D eigenvalue weighted by Gasteiger charge is 2.21. The maximum Gasteiger partial charge on any atom is 0.281 e. The average molecular weight is 461 g/mol. The topological polar surface area (TPSA) is 83.6 Å². The molecule has 2 amide bonds. The zero-order valence-electron chi connectivity index (χ0n) is 17.0. The van der Waals surface area contributed by atoms with Crippen LogP contribution < -0.4 is 15.8 Å². The summed E-state index contributed by atoms with van der Waals surface area (Å²) in [4.78, 5) is 33.5. The van der Waals surface area contributed by atoms with Crippen molar-refractivity contribution in [2.24, 2.45) is 0 Å². The molecule has 1 aliphatic heterocycles. The third-order valence-electron chi connectivity index (χ3n) is 4.81. The summed E-state index contributed by atoms with van der Waals surface area (Å²) in [7, 11) is 0. The molecule has 1 fully saturated rings. The predicted molar refractivity (Wildman–Crippen MR) is 119 cm³/mol. The lowest BCUT2D eigenvalue weighted by Crippen LogP contribution is -2.41. The van der Waals surface area contributed by atoms with Gasteiger partial charge in [-0.15, -0.1) is 11.3 Å². The Morgan fingerprint density at radius 2 is 1.74 bits per heavy atom. The maximum absolute atomic E-state index is 13.2. The van der Waals surface area contributed by atoms with Gasteiger partial charge in [0.15, 0.2) is 5.13 Å². The van der Waals surface area contributed by atoms with Crippen molar-refractivity contribution in [3.63, 3.8) is 0 Å². The number of carbonyl (C=O) groups excluding carboxylic acids is 2. The molecule has 31 heavy (non-hydrogen) atoms. The van der Waals surface area contributed by atoms with Gasteiger partial charge in [0.05, 0.1) is 23.8 Å². The highest BCUT2D eigenvalue weighted by atomic mass is 32.1. The van der Waals surface area contributed by atoms with E-state index < -0.39 is 11.8 Å². The van der Waals surface area contributed by atoms with Gasteiger partial charge in [-0.1, -0.05) is 23.5 Å². The Balaban J connectivity index is 1.41. The van der Waals surface area contributed by atoms with Gasteiger partial charge in [0, 0.05) is 18.0 Å². The molecule has 0 atom stereocenters. The lowest BCUT2D eigenvalue weighted by atomic mass is 10.1. The van der Waals surface area contributed by atoms with E-state index in [1.54, 1.807) is 25.1 Å². The van der Waals surface area contributed by atoms with Crippen molar-refractivity contribution in [1.82, 2.24) is 15.8 Å². The van der Waals surface area contributed by atoms with Crippen LogP contribution in [0.4, 0.5) is 9.52 Å². The molecular formula is C21H21FN4O3S2. The number of carbonyl (C=O) groups is 2. The number of hydrogen-bond acceptors (Lipinski definition) is 7. The Morgan fingerprint density at radius 3 is 2.45 bits per heavy atom. The Hall–Kier alpha value is -2.82. The van der Waals surface area contributed by atoms with Crippen LogP contribution in [0.15, 0.2) is 30.3 Å². The molecule has 3 aromatic rings. The van der Waals surface area contributed by atoms with Gasteiger partial charge in [-0.25, -0.2) is 9.37 Å². The molecular weight excluding hydrogens is 439 g/mol. The van der Waals surface area contributed by atoms with Crippen molar-refractivity contribution in [2.75, 3.05) is 31.2 Å². The first-order valence-corrected chi connectivity index (χ1v) is 11.3. The number of aryl methyl sites for hydroxylation is 2. The van der Waals surface area contributed by atoms with E-state index in [4.69, 9.17) is 4.74 Å². The summed E-state index contributed by atoms with van der Waals surface area (Å²) in [5.41, 5.74) is 7.30. The monoisotopic (exact) mass is 460 g/mol. The number of nitrogens with zero attached hydrogens (tertiary/aromatic N) is 2. The summed E-state index contributed by atoms with van der Waals surface area (Å²) in [5.74, 6) is -1.13. The molecule has 2 aromatic heterocycles. The van der Waals surface area contributed by atoms with Gasteiger partial charge in [0.25, 0.3) is 11.8 Å². The summed E-state index contributed by atoms with van der Waals surface area (Å²) in [5, 5.41) is 0.773. The van der Waals surface area contributed by atoms with E-state index in [0.29, 0.717) is 28.7 Å². The van der Waals surface area contributed by atoms with E-state index in [-0.39, 0.29) is 5.82 Å². The lowest BCUT2D eigenvalue weighted by Gasteiger charge is -2.25. The number of hydrazine groups is 1. The minimum atomic E-state index is -0.412. The second kappa shape index (κ2) is 9.13. The fraction of sp³-hybridized carbons (Fsp3) is 0.286. The van der Waals surface area contributed by atoms with Crippen molar-refractivity contribution in [3.05, 3.63) is 57.2 Å². The second-order valence-electron chi connectivity index (χ2n) is 7.05. The quantitative estimate of drug-likeness (QED) is 0.582. The number of ether oxygens (including phenoxy) is 1. The van der Waals surface area contributed by atoms with Crippen LogP contribution in [0.1, 0.15) is 30.6 Å². The first kappa shape index (κ1) is 21.4. The summed E-state index contributed by atoms with van der Waals surface area (Å²) in [6.07, 6.45) is 0. The molecule has 10 heteroatoms. The number of amides is 2. The third kappa shape index (κ3) is 4.76. The van der Waals surface area contributed by atoms with E-state index >= 15 is 0 Å². The molecule has 0 saturated carbocycles. The minimum Gasteiger partial charge on any atom is -0.378 e. The fourth-order valence-electron chi connectivity index (χ4n) is 3.20. The molecule has 0 aliphatic carbocycles. The number of anilines is 1. The van der Waals surface area contributed by atoms with Crippen LogP contribution in [0.3, 0.4) is 0 Å². The van der Waals surface area contributed by atoms with E-state index in [2.05, 4.69) is 20.7 Å². The molecule has 1 aromatic carbocycles. The van der Waals surface area contributed by atoms with Gasteiger partial charge in [-0.2, -0.15) is 0 Å². The molecule has 2 N–H and O–H groups in total. The van der Waals surface area contributed by atoms with Crippen molar-refractivity contribution in [3.8, 4) is 10.4 Å². The smallest absolute Gasteiger partial charge is 0.281 e. The number of nitrogens with one attached hydrogen (secondary N) is 2. The summed E-state index contributed by atoms with van der Waals surface area (Å²) >= 11 is 2.58. The van der Waals surface area contributed by atoms with E-state index in [1.165, 1.54) is 34.8 Å². The van der Waals surface area contributed by atoms with Gasteiger partial charge in [-0.05, 0) is 43.2 Å². The summed E-state index contributed by atoms with van der Waals surface area (Å²) in [6, 6.07) is 7.87. The summed E-state index contributed by atoms with van der Waals surface area (Å²) < 4.78 is 18.5. The van der Waals surface area contributed by atoms with Gasteiger partial charge >= 0.3 is 0 Å². The standard InChI is InChI=1S/C21H21FN4O3S2/c1-12-11-16(30-17(12)14-3-5-15(22)6-4-14)19(27)24-25-20(28)18-13(2)23-21(31-18)26-7-9-29-10-8-26/h3-6,11H,7-10H2,1-2H3,(H,24,27)(H,25,28). The first-order valence-electron chi connectivity index (χ1n) is 9.69. The average Bonchev–Trinajstić information content (AvgIpc) is 3.36. The van der Waals surface area contributed by atoms with Crippen LogP contribution in [0.25, 0.3) is 10.4 Å². The Kier molecular flexibility index (Phi) is 6.30. The highest BCUT2D eigenvalue weighted by Crippen LogP contribution is 2.32. The van der Waals surface area contributed by atoms with Crippen molar-refractivity contribution < 1.29 is 18.7 Å². The summed E-state index contributed by atoms with van der Waals surface area (Å²) in [6.45, 7) is 6.40. The Morgan fingerprint density at radius 1 is 1.06 bits per heavy atom. The van der Waals surface area contributed by atoms with Gasteiger partial charge in [0.1, 0.15) is 10.7 Å². The predicted octanol–water partition coefficient (Wildman–Crippen LogP) is 3.54. The number of rotatable bonds is 4. The molecule has 1 aliphatic rings. The van der Waals surface area contributed by atoms with Crippen molar-refractivity contribution in [2.45, 2.75) is 13.8 Å². The van der Waals surface area contributed by atoms with Crippen molar-refractivity contribution >= 4 is 39.6 Å². The van der Waals surface area contributed by atoms with Crippen LogP contribution in [-0.2, 0) is 4.74 Å². The molecule has 4 rings (SSSR count). The number of hydrogen-bond donors (Lipinski definition) is 2. The van der Waals surface area contributed by atoms with E-state index in [9.17, 15) is 14.0 Å². The number of benzene rings is 1. The third-order valence-corrected chi connectivity index (χ3v) is 7.31. The lowest BCUT2D eigenvalue weighted by molar-refractivity contribution is 0.0850.